The van der Waals surface area contributed by atoms with E-state index in [1.54, 1.807) is 0 Å². The molecule has 6 heteroatoms. The number of esters is 2. The van der Waals surface area contributed by atoms with Gasteiger partial charge >= 0.3 is 11.9 Å². The van der Waals surface area contributed by atoms with E-state index in [2.05, 4.69) is 24.0 Å². The van der Waals surface area contributed by atoms with Crippen molar-refractivity contribution in [3.63, 3.8) is 0 Å². The molecule has 0 bridgehead atoms. The molecule has 6 nitrogen and oxygen atoms in total. The van der Waals surface area contributed by atoms with Gasteiger partial charge in [-0.25, -0.2) is 0 Å². The zero-order chi connectivity index (χ0) is 20.1. The fourth-order valence-corrected chi connectivity index (χ4v) is 4.22. The quantitative estimate of drug-likeness (QED) is 0.702. The summed E-state index contributed by atoms with van der Waals surface area (Å²) in [5.74, 6) is -0.492. The predicted octanol–water partition coefficient (Wildman–Crippen LogP) is 3.82. The molecule has 0 unspecified atom stereocenters. The number of aromatic nitrogens is 1. The van der Waals surface area contributed by atoms with Crippen LogP contribution in [0.4, 0.5) is 0 Å². The van der Waals surface area contributed by atoms with Crippen LogP contribution in [0.25, 0.3) is 10.9 Å². The Morgan fingerprint density at radius 2 is 1.75 bits per heavy atom. The molecule has 3 rings (SSSR count). The van der Waals surface area contributed by atoms with Crippen LogP contribution in [0, 0.1) is 5.41 Å². The lowest BCUT2D eigenvalue weighted by Gasteiger charge is -2.35. The van der Waals surface area contributed by atoms with Gasteiger partial charge in [-0.2, -0.15) is 0 Å². The fourth-order valence-electron chi connectivity index (χ4n) is 4.22. The van der Waals surface area contributed by atoms with Crippen LogP contribution in [0.3, 0.4) is 0 Å². The summed E-state index contributed by atoms with van der Waals surface area (Å²) in [7, 11) is 2.80. The van der Waals surface area contributed by atoms with Gasteiger partial charge in [0.15, 0.2) is 0 Å². The molecule has 0 atom stereocenters. The number of H-pyrrole nitrogens is 1. The van der Waals surface area contributed by atoms with Crippen LogP contribution < -0.4 is 0 Å². The van der Waals surface area contributed by atoms with Gasteiger partial charge in [-0.1, -0.05) is 25.1 Å². The summed E-state index contributed by atoms with van der Waals surface area (Å²) in [6, 6.07) is 8.26. The molecule has 2 heterocycles. The first kappa shape index (κ1) is 20.1. The van der Waals surface area contributed by atoms with Crippen LogP contribution in [0.1, 0.15) is 50.3 Å². The Kier molecular flexibility index (Phi) is 6.17. The van der Waals surface area contributed by atoms with E-state index in [1.807, 2.05) is 12.1 Å². The zero-order valence-corrected chi connectivity index (χ0v) is 16.8. The van der Waals surface area contributed by atoms with E-state index in [4.69, 9.17) is 14.5 Å². The smallest absolute Gasteiger partial charge is 0.305 e. The van der Waals surface area contributed by atoms with Gasteiger partial charge in [-0.3, -0.25) is 14.6 Å². The molecule has 28 heavy (non-hydrogen) atoms. The van der Waals surface area contributed by atoms with Crippen molar-refractivity contribution in [3.05, 3.63) is 35.5 Å². The molecule has 0 radical (unpaired) electrons. The summed E-state index contributed by atoms with van der Waals surface area (Å²) in [6.45, 7) is 2.80. The zero-order valence-electron chi connectivity index (χ0n) is 16.8. The molecule has 1 aliphatic heterocycles. The van der Waals surface area contributed by atoms with Gasteiger partial charge in [0.1, 0.15) is 0 Å². The number of rotatable bonds is 8. The molecule has 1 aromatic heterocycles. The molecule has 2 aromatic rings. The first-order valence-electron chi connectivity index (χ1n) is 9.83. The molecule has 0 saturated heterocycles. The van der Waals surface area contributed by atoms with Gasteiger partial charge in [0.2, 0.25) is 0 Å². The molecule has 1 N–H and O–H groups in total. The van der Waals surface area contributed by atoms with Crippen molar-refractivity contribution in [3.8, 4) is 0 Å². The second kappa shape index (κ2) is 8.59. The monoisotopic (exact) mass is 384 g/mol. The van der Waals surface area contributed by atoms with E-state index >= 15 is 0 Å². The van der Waals surface area contributed by atoms with Crippen molar-refractivity contribution in [2.24, 2.45) is 10.4 Å². The van der Waals surface area contributed by atoms with Gasteiger partial charge in [0.25, 0.3) is 0 Å². The van der Waals surface area contributed by atoms with Crippen LogP contribution in [0.5, 0.6) is 0 Å². The van der Waals surface area contributed by atoms with Gasteiger partial charge in [-0.15, -0.1) is 0 Å². The lowest BCUT2D eigenvalue weighted by Crippen LogP contribution is -2.35. The Bertz CT molecular complexity index is 877. The maximum atomic E-state index is 11.9. The number of nitrogens with zero attached hydrogens (tertiary/aromatic N) is 1. The Hall–Kier alpha value is -2.63. The third-order valence-corrected chi connectivity index (χ3v) is 5.93. The standard InChI is InChI=1S/C22H28N2O4/c1-4-22(12-9-18(25)27-2,13-10-19(26)28-3)21-20-16(11-14-23-21)15-7-5-6-8-17(15)24-20/h5-8,24H,4,9-14H2,1-3H3. The molecule has 0 saturated carbocycles. The minimum atomic E-state index is -0.390. The molecule has 150 valence electrons. The van der Waals surface area contributed by atoms with Gasteiger partial charge < -0.3 is 14.5 Å². The highest BCUT2D eigenvalue weighted by Crippen LogP contribution is 2.41. The second-order valence-corrected chi connectivity index (χ2v) is 7.29. The van der Waals surface area contributed by atoms with E-state index in [0.717, 1.165) is 29.8 Å². The van der Waals surface area contributed by atoms with Crippen LogP contribution in [-0.4, -0.2) is 43.4 Å². The topological polar surface area (TPSA) is 80.8 Å². The molecule has 1 aliphatic rings. The highest BCUT2D eigenvalue weighted by molar-refractivity contribution is 6.09. The maximum absolute atomic E-state index is 11.9. The number of carbonyl (C=O) groups is 2. The van der Waals surface area contributed by atoms with E-state index in [0.29, 0.717) is 32.2 Å². The molecular weight excluding hydrogens is 356 g/mol. The Morgan fingerprint density at radius 1 is 1.11 bits per heavy atom. The number of methoxy groups -OCH3 is 2. The van der Waals surface area contributed by atoms with Crippen LogP contribution in [-0.2, 0) is 25.5 Å². The van der Waals surface area contributed by atoms with Crippen LogP contribution in [0.15, 0.2) is 29.3 Å². The number of hydrogen-bond donors (Lipinski definition) is 1. The van der Waals surface area contributed by atoms with Crippen LogP contribution in [0.2, 0.25) is 0 Å². The molecule has 0 fully saturated rings. The van der Waals surface area contributed by atoms with Crippen LogP contribution >= 0.6 is 0 Å². The van der Waals surface area contributed by atoms with Gasteiger partial charge in [0, 0.05) is 35.7 Å². The summed E-state index contributed by atoms with van der Waals surface area (Å²) in [5.41, 5.74) is 3.99. The number of ether oxygens (including phenoxy) is 2. The fraction of sp³-hybridized carbons (Fsp3) is 0.500. The molecule has 0 amide bonds. The first-order valence-corrected chi connectivity index (χ1v) is 9.83. The number of aliphatic imine (C=N–C) groups is 1. The minimum Gasteiger partial charge on any atom is -0.469 e. The SMILES string of the molecule is CCC(CCC(=O)OC)(CCC(=O)OC)C1=NCCc2c1[nH]c1ccccc21. The largest absolute Gasteiger partial charge is 0.469 e. The van der Waals surface area contributed by atoms with E-state index in [-0.39, 0.29) is 11.9 Å². The first-order chi connectivity index (χ1) is 13.5. The van der Waals surface area contributed by atoms with E-state index in [9.17, 15) is 9.59 Å². The average molecular weight is 384 g/mol. The van der Waals surface area contributed by atoms with Crippen molar-refractivity contribution in [2.75, 3.05) is 20.8 Å². The highest BCUT2D eigenvalue weighted by Gasteiger charge is 2.39. The third kappa shape index (κ3) is 3.81. The molecule has 1 aromatic carbocycles. The Morgan fingerprint density at radius 3 is 2.36 bits per heavy atom. The van der Waals surface area contributed by atoms with Crippen molar-refractivity contribution >= 4 is 28.6 Å². The number of fused-ring (bicyclic) bond motifs is 3. The van der Waals surface area contributed by atoms with Crippen molar-refractivity contribution in [2.45, 2.75) is 45.4 Å². The summed E-state index contributed by atoms with van der Waals surface area (Å²) < 4.78 is 9.73. The summed E-state index contributed by atoms with van der Waals surface area (Å²) in [5, 5.41) is 1.22. The minimum absolute atomic E-state index is 0.246. The molecule has 0 aliphatic carbocycles. The third-order valence-electron chi connectivity index (χ3n) is 5.93. The van der Waals surface area contributed by atoms with Crippen molar-refractivity contribution in [1.82, 2.24) is 4.98 Å². The number of aromatic amines is 1. The highest BCUT2D eigenvalue weighted by atomic mass is 16.5. The predicted molar refractivity (Wildman–Crippen MR) is 109 cm³/mol. The molecular formula is C22H28N2O4. The lowest BCUT2D eigenvalue weighted by molar-refractivity contribution is -0.141. The Labute approximate surface area is 165 Å². The summed E-state index contributed by atoms with van der Waals surface area (Å²) in [6.07, 6.45) is 3.41. The maximum Gasteiger partial charge on any atom is 0.305 e. The number of hydrogen-bond acceptors (Lipinski definition) is 5. The number of carbonyl (C=O) groups excluding carboxylic acids is 2. The van der Waals surface area contributed by atoms with E-state index < -0.39 is 5.41 Å². The number of nitrogens with one attached hydrogen (secondary N) is 1. The van der Waals surface area contributed by atoms with Gasteiger partial charge in [-0.05, 0) is 37.3 Å². The van der Waals surface area contributed by atoms with E-state index in [1.165, 1.54) is 25.2 Å². The number of para-hydroxylation sites is 1. The molecule has 0 spiro atoms. The van der Waals surface area contributed by atoms with Crippen molar-refractivity contribution < 1.29 is 19.1 Å². The average Bonchev–Trinajstić information content (AvgIpc) is 3.12. The lowest BCUT2D eigenvalue weighted by atomic mass is 9.70. The Balaban J connectivity index is 2.02. The normalized spacial score (nSPS) is 13.8. The second-order valence-electron chi connectivity index (χ2n) is 7.29. The number of benzene rings is 1. The summed E-state index contributed by atoms with van der Waals surface area (Å²) >= 11 is 0. The summed E-state index contributed by atoms with van der Waals surface area (Å²) in [4.78, 5) is 32.2. The van der Waals surface area contributed by atoms with Gasteiger partial charge in [0.05, 0.1) is 25.6 Å². The van der Waals surface area contributed by atoms with Crippen molar-refractivity contribution in [1.29, 1.82) is 0 Å².